The summed E-state index contributed by atoms with van der Waals surface area (Å²) < 4.78 is 7.94. The molecule has 1 aromatic rings. The molecule has 1 atom stereocenters. The lowest BCUT2D eigenvalue weighted by molar-refractivity contribution is 0.0151. The summed E-state index contributed by atoms with van der Waals surface area (Å²) in [7, 11) is 0. The minimum Gasteiger partial charge on any atom is -0.381 e. The molecule has 2 aliphatic rings. The zero-order chi connectivity index (χ0) is 12.6. The van der Waals surface area contributed by atoms with Crippen LogP contribution in [0.2, 0.25) is 0 Å². The summed E-state index contributed by atoms with van der Waals surface area (Å²) in [6.45, 7) is 5.35. The molecule has 0 saturated carbocycles. The van der Waals surface area contributed by atoms with Gasteiger partial charge in [-0.25, -0.2) is 0 Å². The van der Waals surface area contributed by atoms with Crippen LogP contribution < -0.4 is 5.73 Å². The van der Waals surface area contributed by atoms with Crippen LogP contribution >= 0.6 is 0 Å². The largest absolute Gasteiger partial charge is 0.381 e. The molecule has 3 nitrogen and oxygen atoms in total. The Morgan fingerprint density at radius 2 is 2.22 bits per heavy atom. The molecule has 2 heterocycles. The highest BCUT2D eigenvalue weighted by Gasteiger charge is 2.29. The van der Waals surface area contributed by atoms with Gasteiger partial charge in [-0.2, -0.15) is 0 Å². The van der Waals surface area contributed by atoms with E-state index in [-0.39, 0.29) is 6.04 Å². The van der Waals surface area contributed by atoms with Gasteiger partial charge in [-0.05, 0) is 49.1 Å². The topological polar surface area (TPSA) is 40.2 Å². The first-order valence-electron chi connectivity index (χ1n) is 7.19. The Kier molecular flexibility index (Phi) is 3.20. The summed E-state index contributed by atoms with van der Waals surface area (Å²) in [4.78, 5) is 0. The lowest BCUT2D eigenvalue weighted by Gasteiger charge is -2.35. The Bertz CT molecular complexity index is 418. The fourth-order valence-electron chi connectivity index (χ4n) is 3.37. The van der Waals surface area contributed by atoms with E-state index in [1.54, 1.807) is 0 Å². The van der Waals surface area contributed by atoms with Crippen molar-refractivity contribution >= 4 is 0 Å². The second-order valence-electron chi connectivity index (χ2n) is 6.27. The van der Waals surface area contributed by atoms with Crippen molar-refractivity contribution in [1.82, 2.24) is 4.57 Å². The lowest BCUT2D eigenvalue weighted by atomic mass is 9.82. The quantitative estimate of drug-likeness (QED) is 0.874. The van der Waals surface area contributed by atoms with E-state index in [4.69, 9.17) is 10.5 Å². The molecule has 1 fully saturated rings. The van der Waals surface area contributed by atoms with Gasteiger partial charge in [0.05, 0.1) is 0 Å². The minimum atomic E-state index is 0.262. The van der Waals surface area contributed by atoms with Crippen LogP contribution in [-0.4, -0.2) is 17.8 Å². The third kappa shape index (κ3) is 2.21. The Balaban J connectivity index is 1.80. The van der Waals surface area contributed by atoms with Crippen LogP contribution in [0.25, 0.3) is 0 Å². The van der Waals surface area contributed by atoms with E-state index in [0.717, 1.165) is 26.2 Å². The van der Waals surface area contributed by atoms with Crippen LogP contribution in [0.15, 0.2) is 12.3 Å². The van der Waals surface area contributed by atoms with Gasteiger partial charge in [-0.3, -0.25) is 0 Å². The van der Waals surface area contributed by atoms with Crippen molar-refractivity contribution in [2.45, 2.75) is 51.6 Å². The predicted octanol–water partition coefficient (Wildman–Crippen LogP) is 2.64. The Hall–Kier alpha value is -0.800. The minimum absolute atomic E-state index is 0.262. The third-order valence-corrected chi connectivity index (χ3v) is 4.69. The molecule has 1 aromatic heterocycles. The summed E-state index contributed by atoms with van der Waals surface area (Å²) in [5, 5.41) is 0. The van der Waals surface area contributed by atoms with Crippen LogP contribution in [0.1, 0.15) is 49.9 Å². The van der Waals surface area contributed by atoms with Crippen molar-refractivity contribution in [3.8, 4) is 0 Å². The van der Waals surface area contributed by atoms with E-state index in [1.165, 1.54) is 36.9 Å². The first-order valence-corrected chi connectivity index (χ1v) is 7.19. The maximum Gasteiger partial charge on any atom is 0.0471 e. The SMILES string of the molecule is CC1(Cn2ccc3c2CCCC3N)CCOCC1. The highest BCUT2D eigenvalue weighted by Crippen LogP contribution is 2.35. The van der Waals surface area contributed by atoms with Gasteiger partial charge in [0.15, 0.2) is 0 Å². The van der Waals surface area contributed by atoms with E-state index in [2.05, 4.69) is 23.8 Å². The third-order valence-electron chi connectivity index (χ3n) is 4.69. The molecule has 0 aromatic carbocycles. The van der Waals surface area contributed by atoms with E-state index in [9.17, 15) is 0 Å². The van der Waals surface area contributed by atoms with E-state index in [0.29, 0.717) is 5.41 Å². The molecule has 0 radical (unpaired) electrons. The number of fused-ring (bicyclic) bond motifs is 1. The number of rotatable bonds is 2. The fourth-order valence-corrected chi connectivity index (χ4v) is 3.37. The second kappa shape index (κ2) is 4.71. The highest BCUT2D eigenvalue weighted by atomic mass is 16.5. The van der Waals surface area contributed by atoms with Crippen LogP contribution in [0.4, 0.5) is 0 Å². The van der Waals surface area contributed by atoms with Crippen LogP contribution in [-0.2, 0) is 17.7 Å². The number of ether oxygens (including phenoxy) is 1. The maximum absolute atomic E-state index is 6.19. The van der Waals surface area contributed by atoms with Gasteiger partial charge in [0.1, 0.15) is 0 Å². The van der Waals surface area contributed by atoms with E-state index < -0.39 is 0 Å². The Morgan fingerprint density at radius 1 is 1.44 bits per heavy atom. The van der Waals surface area contributed by atoms with Crippen molar-refractivity contribution in [2.75, 3.05) is 13.2 Å². The van der Waals surface area contributed by atoms with Gasteiger partial charge < -0.3 is 15.0 Å². The standard InChI is InChI=1S/C15H24N2O/c1-15(6-9-18-10-7-15)11-17-8-5-12-13(16)3-2-4-14(12)17/h5,8,13H,2-4,6-7,9-11,16H2,1H3. The summed E-state index contributed by atoms with van der Waals surface area (Å²) in [6.07, 6.45) is 8.16. The average Bonchev–Trinajstić information content (AvgIpc) is 2.74. The van der Waals surface area contributed by atoms with Gasteiger partial charge in [0.25, 0.3) is 0 Å². The number of hydrogen-bond donors (Lipinski definition) is 1. The number of nitrogens with zero attached hydrogens (tertiary/aromatic N) is 1. The van der Waals surface area contributed by atoms with Crippen molar-refractivity contribution < 1.29 is 4.74 Å². The normalized spacial score (nSPS) is 26.9. The van der Waals surface area contributed by atoms with Crippen molar-refractivity contribution in [1.29, 1.82) is 0 Å². The zero-order valence-corrected chi connectivity index (χ0v) is 11.3. The first-order chi connectivity index (χ1) is 8.68. The molecule has 0 spiro atoms. The molecule has 1 unspecified atom stereocenters. The molecule has 3 heteroatoms. The molecule has 1 aliphatic carbocycles. The predicted molar refractivity (Wildman–Crippen MR) is 72.5 cm³/mol. The van der Waals surface area contributed by atoms with Crippen molar-refractivity contribution in [2.24, 2.45) is 11.1 Å². The number of aromatic nitrogens is 1. The monoisotopic (exact) mass is 248 g/mol. The summed E-state index contributed by atoms with van der Waals surface area (Å²) >= 11 is 0. The summed E-state index contributed by atoms with van der Waals surface area (Å²) in [5.74, 6) is 0. The Labute approximate surface area is 109 Å². The number of hydrogen-bond acceptors (Lipinski definition) is 2. The second-order valence-corrected chi connectivity index (χ2v) is 6.27. The van der Waals surface area contributed by atoms with Crippen LogP contribution in [0.5, 0.6) is 0 Å². The maximum atomic E-state index is 6.19. The number of nitrogens with two attached hydrogens (primary N) is 1. The molecule has 1 saturated heterocycles. The Morgan fingerprint density at radius 3 is 3.00 bits per heavy atom. The van der Waals surface area contributed by atoms with Gasteiger partial charge in [0.2, 0.25) is 0 Å². The van der Waals surface area contributed by atoms with Gasteiger partial charge in [-0.1, -0.05) is 6.92 Å². The summed E-state index contributed by atoms with van der Waals surface area (Å²) in [5.41, 5.74) is 9.46. The lowest BCUT2D eigenvalue weighted by Crippen LogP contribution is -2.31. The molecule has 0 amide bonds. The van der Waals surface area contributed by atoms with Crippen LogP contribution in [0, 0.1) is 5.41 Å². The molecular weight excluding hydrogens is 224 g/mol. The van der Waals surface area contributed by atoms with E-state index in [1.807, 2.05) is 0 Å². The van der Waals surface area contributed by atoms with Gasteiger partial charge in [-0.15, -0.1) is 0 Å². The average molecular weight is 248 g/mol. The van der Waals surface area contributed by atoms with Crippen molar-refractivity contribution in [3.63, 3.8) is 0 Å². The summed E-state index contributed by atoms with van der Waals surface area (Å²) in [6, 6.07) is 2.50. The highest BCUT2D eigenvalue weighted by molar-refractivity contribution is 5.28. The smallest absolute Gasteiger partial charge is 0.0471 e. The molecule has 18 heavy (non-hydrogen) atoms. The fraction of sp³-hybridized carbons (Fsp3) is 0.733. The molecule has 1 aliphatic heterocycles. The molecule has 0 bridgehead atoms. The molecule has 100 valence electrons. The van der Waals surface area contributed by atoms with E-state index >= 15 is 0 Å². The molecular formula is C15H24N2O. The first kappa shape index (κ1) is 12.2. The van der Waals surface area contributed by atoms with Crippen LogP contribution in [0.3, 0.4) is 0 Å². The zero-order valence-electron chi connectivity index (χ0n) is 11.3. The van der Waals surface area contributed by atoms with Gasteiger partial charge in [0, 0.05) is 37.7 Å². The van der Waals surface area contributed by atoms with Gasteiger partial charge >= 0.3 is 0 Å². The molecule has 2 N–H and O–H groups in total. The molecule has 3 rings (SSSR count). The van der Waals surface area contributed by atoms with Crippen molar-refractivity contribution in [3.05, 3.63) is 23.5 Å².